The molecule has 0 radical (unpaired) electrons. The van der Waals surface area contributed by atoms with Crippen molar-refractivity contribution < 1.29 is 23.7 Å². The van der Waals surface area contributed by atoms with Crippen LogP contribution in [0.1, 0.15) is 6.42 Å². The van der Waals surface area contributed by atoms with E-state index in [1.54, 1.807) is 7.11 Å². The minimum atomic E-state index is -0.500. The summed E-state index contributed by atoms with van der Waals surface area (Å²) in [5.41, 5.74) is -0.384. The summed E-state index contributed by atoms with van der Waals surface area (Å²) in [5, 5.41) is 2.84. The van der Waals surface area contributed by atoms with E-state index in [0.717, 1.165) is 6.42 Å². The van der Waals surface area contributed by atoms with Crippen molar-refractivity contribution in [2.45, 2.75) is 18.1 Å². The molecule has 0 bridgehead atoms. The summed E-state index contributed by atoms with van der Waals surface area (Å²) in [7, 11) is 1.64. The number of hydrogen-bond donors (Lipinski definition) is 1. The smallest absolute Gasteiger partial charge is 0.251 e. The molecule has 2 heterocycles. The SMILES string of the molecule is COC1(CNC(=O)C2COCCO2)CCOC1. The van der Waals surface area contributed by atoms with E-state index < -0.39 is 6.10 Å². The van der Waals surface area contributed by atoms with Crippen molar-refractivity contribution in [3.63, 3.8) is 0 Å². The predicted octanol–water partition coefficient (Wildman–Crippen LogP) is -0.676. The van der Waals surface area contributed by atoms with Gasteiger partial charge in [-0.05, 0) is 0 Å². The van der Waals surface area contributed by atoms with Gasteiger partial charge >= 0.3 is 0 Å². The molecule has 0 aromatic carbocycles. The monoisotopic (exact) mass is 245 g/mol. The lowest BCUT2D eigenvalue weighted by molar-refractivity contribution is -0.148. The molecule has 6 heteroatoms. The van der Waals surface area contributed by atoms with E-state index in [-0.39, 0.29) is 11.5 Å². The molecule has 2 fully saturated rings. The van der Waals surface area contributed by atoms with Crippen LogP contribution in [0.15, 0.2) is 0 Å². The van der Waals surface area contributed by atoms with Crippen LogP contribution in [-0.2, 0) is 23.7 Å². The van der Waals surface area contributed by atoms with E-state index in [1.807, 2.05) is 0 Å². The number of nitrogens with one attached hydrogen (secondary N) is 1. The molecule has 0 aromatic rings. The van der Waals surface area contributed by atoms with Crippen molar-refractivity contribution in [2.75, 3.05) is 46.7 Å². The van der Waals surface area contributed by atoms with E-state index in [9.17, 15) is 4.79 Å². The summed E-state index contributed by atoms with van der Waals surface area (Å²) in [6.45, 7) is 2.99. The lowest BCUT2D eigenvalue weighted by atomic mass is 10.0. The molecule has 1 amide bonds. The number of ether oxygens (including phenoxy) is 4. The molecule has 0 aliphatic carbocycles. The predicted molar refractivity (Wildman–Crippen MR) is 58.7 cm³/mol. The Morgan fingerprint density at radius 2 is 2.29 bits per heavy atom. The van der Waals surface area contributed by atoms with Crippen molar-refractivity contribution >= 4 is 5.91 Å². The van der Waals surface area contributed by atoms with Gasteiger partial charge in [0.2, 0.25) is 0 Å². The summed E-state index contributed by atoms with van der Waals surface area (Å²) < 4.78 is 21.2. The van der Waals surface area contributed by atoms with Gasteiger partial charge in [-0.3, -0.25) is 4.79 Å². The highest BCUT2D eigenvalue weighted by Gasteiger charge is 2.36. The third-order valence-corrected chi connectivity index (χ3v) is 3.19. The van der Waals surface area contributed by atoms with Crippen LogP contribution in [0, 0.1) is 0 Å². The standard InChI is InChI=1S/C11H19NO5/c1-14-11(2-3-16-8-11)7-12-10(13)9-6-15-4-5-17-9/h9H,2-8H2,1H3,(H,12,13). The first-order chi connectivity index (χ1) is 8.26. The van der Waals surface area contributed by atoms with Crippen LogP contribution < -0.4 is 5.32 Å². The third kappa shape index (κ3) is 3.16. The minimum absolute atomic E-state index is 0.145. The molecule has 17 heavy (non-hydrogen) atoms. The summed E-state index contributed by atoms with van der Waals surface area (Å²) >= 11 is 0. The number of carbonyl (C=O) groups is 1. The van der Waals surface area contributed by atoms with E-state index >= 15 is 0 Å². The maximum atomic E-state index is 11.8. The van der Waals surface area contributed by atoms with Crippen molar-refractivity contribution in [1.29, 1.82) is 0 Å². The maximum Gasteiger partial charge on any atom is 0.251 e. The molecule has 2 unspecified atom stereocenters. The Hall–Kier alpha value is -0.690. The van der Waals surface area contributed by atoms with Gasteiger partial charge < -0.3 is 24.3 Å². The van der Waals surface area contributed by atoms with Crippen LogP contribution in [-0.4, -0.2) is 64.3 Å². The fourth-order valence-corrected chi connectivity index (χ4v) is 1.96. The van der Waals surface area contributed by atoms with Gasteiger partial charge in [0.05, 0.1) is 26.4 Å². The third-order valence-electron chi connectivity index (χ3n) is 3.19. The van der Waals surface area contributed by atoms with Gasteiger partial charge in [0.1, 0.15) is 5.60 Å². The maximum absolute atomic E-state index is 11.8. The Morgan fingerprint density at radius 3 is 2.88 bits per heavy atom. The largest absolute Gasteiger partial charge is 0.378 e. The molecule has 98 valence electrons. The minimum Gasteiger partial charge on any atom is -0.378 e. The molecule has 2 rings (SSSR count). The van der Waals surface area contributed by atoms with E-state index in [0.29, 0.717) is 39.6 Å². The van der Waals surface area contributed by atoms with Gasteiger partial charge in [-0.25, -0.2) is 0 Å². The number of carbonyl (C=O) groups excluding carboxylic acids is 1. The molecule has 2 aliphatic heterocycles. The Morgan fingerprint density at radius 1 is 1.41 bits per heavy atom. The topological polar surface area (TPSA) is 66.0 Å². The average Bonchev–Trinajstić information content (AvgIpc) is 2.86. The number of amides is 1. The van der Waals surface area contributed by atoms with Crippen LogP contribution in [0.2, 0.25) is 0 Å². The quantitative estimate of drug-likeness (QED) is 0.711. The van der Waals surface area contributed by atoms with Crippen LogP contribution in [0.5, 0.6) is 0 Å². The molecule has 1 N–H and O–H groups in total. The van der Waals surface area contributed by atoms with Gasteiger partial charge in [0.25, 0.3) is 5.91 Å². The molecular weight excluding hydrogens is 226 g/mol. The highest BCUT2D eigenvalue weighted by atomic mass is 16.6. The summed E-state index contributed by atoms with van der Waals surface area (Å²) in [4.78, 5) is 11.8. The normalized spacial score (nSPS) is 33.6. The fourth-order valence-electron chi connectivity index (χ4n) is 1.96. The first-order valence-corrected chi connectivity index (χ1v) is 5.86. The highest BCUT2D eigenvalue weighted by molar-refractivity contribution is 5.81. The van der Waals surface area contributed by atoms with Crippen LogP contribution in [0.25, 0.3) is 0 Å². The van der Waals surface area contributed by atoms with Gasteiger partial charge in [0.15, 0.2) is 6.10 Å². The van der Waals surface area contributed by atoms with Gasteiger partial charge in [0, 0.05) is 26.7 Å². The lowest BCUT2D eigenvalue weighted by Crippen LogP contribution is -2.50. The van der Waals surface area contributed by atoms with E-state index in [1.165, 1.54) is 0 Å². The number of hydrogen-bond acceptors (Lipinski definition) is 5. The fraction of sp³-hybridized carbons (Fsp3) is 0.909. The first kappa shape index (κ1) is 12.8. The number of methoxy groups -OCH3 is 1. The Bertz CT molecular complexity index is 259. The molecule has 0 spiro atoms. The van der Waals surface area contributed by atoms with E-state index in [4.69, 9.17) is 18.9 Å². The molecule has 2 atom stereocenters. The first-order valence-electron chi connectivity index (χ1n) is 5.86. The van der Waals surface area contributed by atoms with Crippen LogP contribution >= 0.6 is 0 Å². The van der Waals surface area contributed by atoms with Crippen molar-refractivity contribution in [3.05, 3.63) is 0 Å². The second-order valence-electron chi connectivity index (χ2n) is 4.34. The molecule has 0 aromatic heterocycles. The lowest BCUT2D eigenvalue weighted by Gasteiger charge is -2.28. The average molecular weight is 245 g/mol. The molecule has 2 saturated heterocycles. The zero-order valence-corrected chi connectivity index (χ0v) is 10.1. The second kappa shape index (κ2) is 5.77. The Labute approximate surface area is 101 Å². The second-order valence-corrected chi connectivity index (χ2v) is 4.34. The van der Waals surface area contributed by atoms with Gasteiger partial charge in [-0.1, -0.05) is 0 Å². The van der Waals surface area contributed by atoms with Crippen molar-refractivity contribution in [2.24, 2.45) is 0 Å². The van der Waals surface area contributed by atoms with E-state index in [2.05, 4.69) is 5.32 Å². The zero-order valence-electron chi connectivity index (χ0n) is 10.1. The Kier molecular flexibility index (Phi) is 4.33. The van der Waals surface area contributed by atoms with Crippen molar-refractivity contribution in [3.8, 4) is 0 Å². The summed E-state index contributed by atoms with van der Waals surface area (Å²) in [5.74, 6) is -0.145. The highest BCUT2D eigenvalue weighted by Crippen LogP contribution is 2.21. The van der Waals surface area contributed by atoms with Crippen LogP contribution in [0.4, 0.5) is 0 Å². The molecular formula is C11H19NO5. The Balaban J connectivity index is 1.78. The molecule has 2 aliphatic rings. The van der Waals surface area contributed by atoms with Crippen molar-refractivity contribution in [1.82, 2.24) is 5.32 Å². The zero-order chi connectivity index (χ0) is 12.1. The number of rotatable bonds is 4. The molecule has 0 saturated carbocycles. The summed E-state index contributed by atoms with van der Waals surface area (Å²) in [6.07, 6.45) is 0.297. The summed E-state index contributed by atoms with van der Waals surface area (Å²) in [6, 6.07) is 0. The van der Waals surface area contributed by atoms with Crippen LogP contribution in [0.3, 0.4) is 0 Å². The van der Waals surface area contributed by atoms with Gasteiger partial charge in [-0.2, -0.15) is 0 Å². The molecule has 6 nitrogen and oxygen atoms in total. The van der Waals surface area contributed by atoms with Gasteiger partial charge in [-0.15, -0.1) is 0 Å².